The van der Waals surface area contributed by atoms with E-state index in [-0.39, 0.29) is 0 Å². The van der Waals surface area contributed by atoms with Crippen LogP contribution >= 0.6 is 12.6 Å². The van der Waals surface area contributed by atoms with Crippen molar-refractivity contribution < 1.29 is 19.8 Å². The first-order valence-corrected chi connectivity index (χ1v) is 10.6. The lowest BCUT2D eigenvalue weighted by molar-refractivity contribution is -0.156. The number of rotatable bonds is 17. The summed E-state index contributed by atoms with van der Waals surface area (Å²) in [6.07, 6.45) is 13.5. The minimum atomic E-state index is -1.25. The topological polar surface area (TPSA) is 74.6 Å². The average molecular weight is 375 g/mol. The van der Waals surface area contributed by atoms with Crippen LogP contribution in [0.4, 0.5) is 0 Å². The van der Waals surface area contributed by atoms with E-state index in [1.54, 1.807) is 0 Å². The summed E-state index contributed by atoms with van der Waals surface area (Å²) in [5, 5.41) is 18.0. The Morgan fingerprint density at radius 2 is 1.12 bits per heavy atom. The minimum Gasteiger partial charge on any atom is -0.481 e. The Balaban J connectivity index is 4.66. The Bertz CT molecular complexity index is 355. The van der Waals surface area contributed by atoms with Crippen LogP contribution in [0.3, 0.4) is 0 Å². The van der Waals surface area contributed by atoms with Crippen LogP contribution in [-0.4, -0.2) is 27.4 Å². The number of unbranched alkanes of at least 4 members (excludes halogenated alkanes) is 10. The van der Waals surface area contributed by atoms with Crippen molar-refractivity contribution in [2.24, 2.45) is 5.41 Å². The van der Waals surface area contributed by atoms with Crippen LogP contribution in [0.5, 0.6) is 0 Å². The van der Waals surface area contributed by atoms with Gasteiger partial charge in [0.05, 0.1) is 5.41 Å². The normalized spacial score (nSPS) is 12.9. The minimum absolute atomic E-state index is 0.407. The maximum Gasteiger partial charge on any atom is 0.317 e. The van der Waals surface area contributed by atoms with Gasteiger partial charge in [-0.15, -0.1) is 0 Å². The molecule has 0 spiro atoms. The average Bonchev–Trinajstić information content (AvgIpc) is 2.58. The number of hydrogen-bond donors (Lipinski definition) is 3. The molecule has 0 aliphatic heterocycles. The molecule has 0 heterocycles. The maximum atomic E-state index is 12.0. The van der Waals surface area contributed by atoms with E-state index in [1.165, 1.54) is 25.7 Å². The summed E-state index contributed by atoms with van der Waals surface area (Å²) < 4.78 is 0. The van der Waals surface area contributed by atoms with E-state index in [4.69, 9.17) is 0 Å². The predicted octanol–water partition coefficient (Wildman–Crippen LogP) is 5.94. The van der Waals surface area contributed by atoms with Crippen LogP contribution in [0, 0.1) is 5.41 Å². The third-order valence-corrected chi connectivity index (χ3v) is 5.85. The molecule has 25 heavy (non-hydrogen) atoms. The number of thiol groups is 1. The molecular weight excluding hydrogens is 336 g/mol. The summed E-state index contributed by atoms with van der Waals surface area (Å²) in [7, 11) is 0. The molecule has 0 aliphatic carbocycles. The number of hydrogen-bond acceptors (Lipinski definition) is 3. The molecule has 0 radical (unpaired) electrons. The monoisotopic (exact) mass is 374 g/mol. The first-order chi connectivity index (χ1) is 11.9. The van der Waals surface area contributed by atoms with Crippen LogP contribution in [0.15, 0.2) is 0 Å². The van der Waals surface area contributed by atoms with Crippen LogP contribution in [0.1, 0.15) is 104 Å². The van der Waals surface area contributed by atoms with Crippen molar-refractivity contribution in [2.45, 2.75) is 109 Å². The number of carbonyl (C=O) groups is 2. The molecule has 5 heteroatoms. The van der Waals surface area contributed by atoms with Gasteiger partial charge in [-0.2, -0.15) is 12.6 Å². The van der Waals surface area contributed by atoms with Crippen LogP contribution in [0.2, 0.25) is 0 Å². The van der Waals surface area contributed by atoms with E-state index in [0.29, 0.717) is 12.8 Å². The van der Waals surface area contributed by atoms with Crippen molar-refractivity contribution in [1.82, 2.24) is 0 Å². The predicted molar refractivity (Wildman–Crippen MR) is 106 cm³/mol. The van der Waals surface area contributed by atoms with Gasteiger partial charge < -0.3 is 10.2 Å². The molecule has 0 aliphatic rings. The molecule has 0 bridgehead atoms. The SMILES string of the molecule is CCCCCCCCC(CCCCCCCC)(C(=O)O)C(S)C(=O)O. The molecule has 2 N–H and O–H groups in total. The maximum absolute atomic E-state index is 12.0. The van der Waals surface area contributed by atoms with Gasteiger partial charge in [0, 0.05) is 0 Å². The number of aliphatic carboxylic acids is 2. The Hall–Kier alpha value is -0.710. The third kappa shape index (κ3) is 9.53. The molecule has 0 aromatic rings. The molecule has 1 unspecified atom stereocenters. The van der Waals surface area contributed by atoms with E-state index < -0.39 is 22.6 Å². The highest BCUT2D eigenvalue weighted by Crippen LogP contribution is 2.39. The van der Waals surface area contributed by atoms with Gasteiger partial charge in [-0.1, -0.05) is 90.9 Å². The van der Waals surface area contributed by atoms with Crippen molar-refractivity contribution >= 4 is 24.6 Å². The van der Waals surface area contributed by atoms with Gasteiger partial charge in [0.2, 0.25) is 0 Å². The molecular formula is C20H38O4S. The Kier molecular flexibility index (Phi) is 14.0. The zero-order valence-electron chi connectivity index (χ0n) is 16.1. The Morgan fingerprint density at radius 1 is 0.760 bits per heavy atom. The fourth-order valence-corrected chi connectivity index (χ4v) is 3.78. The highest BCUT2D eigenvalue weighted by molar-refractivity contribution is 7.81. The summed E-state index contributed by atoms with van der Waals surface area (Å²) in [4.78, 5) is 23.4. The summed E-state index contributed by atoms with van der Waals surface area (Å²) >= 11 is 4.18. The quantitative estimate of drug-likeness (QED) is 0.217. The van der Waals surface area contributed by atoms with Gasteiger partial charge in [-0.3, -0.25) is 9.59 Å². The lowest BCUT2D eigenvalue weighted by atomic mass is 9.74. The highest BCUT2D eigenvalue weighted by Gasteiger charge is 2.46. The lowest BCUT2D eigenvalue weighted by Gasteiger charge is -2.32. The summed E-state index contributed by atoms with van der Waals surface area (Å²) in [6.45, 7) is 4.32. The van der Waals surface area contributed by atoms with E-state index in [0.717, 1.165) is 51.4 Å². The number of carboxylic acids is 2. The highest BCUT2D eigenvalue weighted by atomic mass is 32.1. The van der Waals surface area contributed by atoms with Gasteiger partial charge in [0.1, 0.15) is 5.25 Å². The van der Waals surface area contributed by atoms with E-state index >= 15 is 0 Å². The first kappa shape index (κ1) is 24.3. The van der Waals surface area contributed by atoms with Gasteiger partial charge in [0.25, 0.3) is 0 Å². The molecule has 0 fully saturated rings. The molecule has 4 nitrogen and oxygen atoms in total. The van der Waals surface area contributed by atoms with Crippen LogP contribution < -0.4 is 0 Å². The van der Waals surface area contributed by atoms with Crippen molar-refractivity contribution in [3.05, 3.63) is 0 Å². The van der Waals surface area contributed by atoms with E-state index in [2.05, 4.69) is 26.5 Å². The van der Waals surface area contributed by atoms with E-state index in [9.17, 15) is 19.8 Å². The largest absolute Gasteiger partial charge is 0.481 e. The van der Waals surface area contributed by atoms with Gasteiger partial charge >= 0.3 is 11.9 Å². The second-order valence-corrected chi connectivity index (χ2v) is 7.75. The van der Waals surface area contributed by atoms with Crippen molar-refractivity contribution in [2.75, 3.05) is 0 Å². The van der Waals surface area contributed by atoms with Crippen molar-refractivity contribution in [1.29, 1.82) is 0 Å². The standard InChI is InChI=1S/C20H38O4S/c1-3-5-7-9-11-13-15-20(19(23)24,17(25)18(21)22)16-14-12-10-8-6-4-2/h17,25H,3-16H2,1-2H3,(H,21,22)(H,23,24). The summed E-state index contributed by atoms with van der Waals surface area (Å²) in [6, 6.07) is 0. The number of carboxylic acid groups (broad SMARTS) is 2. The molecule has 0 rings (SSSR count). The molecule has 0 saturated heterocycles. The summed E-state index contributed by atoms with van der Waals surface area (Å²) in [5.41, 5.74) is -1.25. The second-order valence-electron chi connectivity index (χ2n) is 7.24. The first-order valence-electron chi connectivity index (χ1n) is 10.1. The van der Waals surface area contributed by atoms with Gasteiger partial charge in [-0.25, -0.2) is 0 Å². The second kappa shape index (κ2) is 14.5. The summed E-state index contributed by atoms with van der Waals surface area (Å²) in [5.74, 6) is -2.13. The molecule has 0 saturated carbocycles. The molecule has 0 amide bonds. The van der Waals surface area contributed by atoms with Crippen molar-refractivity contribution in [3.63, 3.8) is 0 Å². The zero-order valence-corrected chi connectivity index (χ0v) is 17.0. The third-order valence-electron chi connectivity index (χ3n) is 5.14. The van der Waals surface area contributed by atoms with Crippen molar-refractivity contribution in [3.8, 4) is 0 Å². The lowest BCUT2D eigenvalue weighted by Crippen LogP contribution is -2.44. The fourth-order valence-electron chi connectivity index (χ4n) is 3.41. The Labute approximate surface area is 159 Å². The molecule has 1 atom stereocenters. The fraction of sp³-hybridized carbons (Fsp3) is 0.900. The Morgan fingerprint density at radius 3 is 1.44 bits per heavy atom. The van der Waals surface area contributed by atoms with Crippen LogP contribution in [-0.2, 0) is 9.59 Å². The molecule has 0 aromatic heterocycles. The van der Waals surface area contributed by atoms with Gasteiger partial charge in [-0.05, 0) is 12.8 Å². The zero-order chi connectivity index (χ0) is 19.1. The smallest absolute Gasteiger partial charge is 0.317 e. The molecule has 148 valence electrons. The van der Waals surface area contributed by atoms with Gasteiger partial charge in [0.15, 0.2) is 0 Å². The molecule has 0 aromatic carbocycles. The van der Waals surface area contributed by atoms with E-state index in [1.807, 2.05) is 0 Å². The van der Waals surface area contributed by atoms with Crippen LogP contribution in [0.25, 0.3) is 0 Å².